The van der Waals surface area contributed by atoms with Crippen LogP contribution in [0.4, 0.5) is 4.79 Å². The van der Waals surface area contributed by atoms with Crippen molar-refractivity contribution in [1.82, 2.24) is 4.90 Å². The lowest BCUT2D eigenvalue weighted by Crippen LogP contribution is -2.61. The molecular formula is C52H79NO14. The number of esters is 1. The number of fused-ring (bicyclic) bond motifs is 5. The van der Waals surface area contributed by atoms with Crippen LogP contribution in [0.3, 0.4) is 0 Å². The van der Waals surface area contributed by atoms with Crippen LogP contribution in [0.5, 0.6) is 0 Å². The first kappa shape index (κ1) is 54.2. The van der Waals surface area contributed by atoms with Gasteiger partial charge in [0.15, 0.2) is 6.10 Å². The second-order valence-electron chi connectivity index (χ2n) is 20.2. The summed E-state index contributed by atoms with van der Waals surface area (Å²) in [5.74, 6) is -7.13. The van der Waals surface area contributed by atoms with Gasteiger partial charge in [0.05, 0.1) is 24.4 Å². The molecule has 2 N–H and O–H groups in total. The van der Waals surface area contributed by atoms with Crippen molar-refractivity contribution in [2.45, 2.75) is 186 Å². The summed E-state index contributed by atoms with van der Waals surface area (Å²) in [6, 6.07) is -1.13. The van der Waals surface area contributed by atoms with Gasteiger partial charge in [0.1, 0.15) is 30.1 Å². The minimum atomic E-state index is -2.42. The van der Waals surface area contributed by atoms with E-state index >= 15 is 0 Å². The Balaban J connectivity index is 1.49. The molecule has 376 valence electrons. The zero-order chi connectivity index (χ0) is 49.2. The Morgan fingerprint density at radius 2 is 1.58 bits per heavy atom. The number of cyclic esters (lactones) is 1. The largest absolute Gasteiger partial charge is 0.509 e. The highest BCUT2D eigenvalue weighted by Gasteiger charge is 2.53. The van der Waals surface area contributed by atoms with Gasteiger partial charge in [-0.2, -0.15) is 0 Å². The van der Waals surface area contributed by atoms with Crippen LogP contribution >= 0.6 is 0 Å². The maximum absolute atomic E-state index is 14.4. The van der Waals surface area contributed by atoms with E-state index in [1.807, 2.05) is 45.1 Å². The van der Waals surface area contributed by atoms with Crippen molar-refractivity contribution in [3.8, 4) is 0 Å². The van der Waals surface area contributed by atoms with Crippen molar-refractivity contribution in [2.24, 2.45) is 35.5 Å². The number of ether oxygens (including phenoxy) is 7. The molecule has 0 radical (unpaired) electrons. The first-order valence-corrected chi connectivity index (χ1v) is 24.6. The molecule has 2 unspecified atom stereocenters. The van der Waals surface area contributed by atoms with Gasteiger partial charge >= 0.3 is 12.1 Å². The molecule has 1 amide bonds. The fourth-order valence-electron chi connectivity index (χ4n) is 10.8. The minimum absolute atomic E-state index is 0.0948. The molecule has 4 fully saturated rings. The Morgan fingerprint density at radius 1 is 0.836 bits per heavy atom. The van der Waals surface area contributed by atoms with Crippen LogP contribution < -0.4 is 0 Å². The highest BCUT2D eigenvalue weighted by atomic mass is 16.8. The number of hydrogen-bond donors (Lipinski definition) is 2. The summed E-state index contributed by atoms with van der Waals surface area (Å²) in [5, 5.41) is 22.5. The summed E-state index contributed by atoms with van der Waals surface area (Å²) >= 11 is 0. The third kappa shape index (κ3) is 13.7. The van der Waals surface area contributed by atoms with E-state index < -0.39 is 90.2 Å². The van der Waals surface area contributed by atoms with Gasteiger partial charge in [0.25, 0.3) is 11.7 Å². The molecule has 0 aromatic heterocycles. The maximum Gasteiger partial charge on any atom is 0.509 e. The van der Waals surface area contributed by atoms with E-state index in [1.165, 1.54) is 4.90 Å². The highest BCUT2D eigenvalue weighted by molar-refractivity contribution is 6.39. The number of nitrogens with zero attached hydrogens (tertiary/aromatic N) is 1. The van der Waals surface area contributed by atoms with Crippen molar-refractivity contribution < 1.29 is 67.3 Å². The molecule has 15 heteroatoms. The number of aliphatic hydroxyl groups is 2. The Morgan fingerprint density at radius 3 is 2.28 bits per heavy atom. The molecule has 15 nitrogen and oxygen atoms in total. The van der Waals surface area contributed by atoms with Crippen LogP contribution in [0.25, 0.3) is 0 Å². The monoisotopic (exact) mass is 942 g/mol. The second kappa shape index (κ2) is 24.7. The van der Waals surface area contributed by atoms with Gasteiger partial charge in [0.2, 0.25) is 5.79 Å². The summed E-state index contributed by atoms with van der Waals surface area (Å²) in [4.78, 5) is 71.4. The second-order valence-corrected chi connectivity index (χ2v) is 20.2. The van der Waals surface area contributed by atoms with Crippen molar-refractivity contribution in [3.05, 3.63) is 47.6 Å². The van der Waals surface area contributed by atoms with E-state index in [9.17, 15) is 34.2 Å². The Hall–Kier alpha value is -3.73. The molecule has 0 aromatic rings. The fourth-order valence-corrected chi connectivity index (χ4v) is 10.8. The Bertz CT molecular complexity index is 1840. The maximum atomic E-state index is 14.4. The van der Waals surface area contributed by atoms with Crippen LogP contribution in [0, 0.1) is 35.5 Å². The number of ketones is 2. The van der Waals surface area contributed by atoms with Crippen molar-refractivity contribution in [3.63, 3.8) is 0 Å². The molecule has 4 bridgehead atoms. The molecule has 16 atom stereocenters. The van der Waals surface area contributed by atoms with Crippen LogP contribution in [0.1, 0.15) is 126 Å². The standard InChI is InChI=1S/C52H79NO14/c1-30-16-12-11-13-17-31(2)42(61-8)28-38-21-19-36(7)52(60,67-38)48(56)49(57)53-23-15-14-18-39(53)50(58)64-43(33(4)26-37-20-22-40(54)44(27-37)62-9)29-41(55)32(3)25-35(6)46-47(63-10)45(34(5)24-30)65-51(59)66-46/h11-13,16-17,25,30,32-34,36-40,42-47,54,60H,14-15,18-24,26-29H2,1-10H3/b13-11+,16-12+,31-17?,35-25+/t30-,32-,33-,34-,36-,37+,38?,39+,40-,42?,43+,44-,45+,46-,47+,52-/m1/s1. The van der Waals surface area contributed by atoms with E-state index in [0.717, 1.165) is 12.0 Å². The predicted molar refractivity (Wildman–Crippen MR) is 249 cm³/mol. The summed E-state index contributed by atoms with van der Waals surface area (Å²) in [6.45, 7) is 13.3. The number of carbonyl (C=O) groups excluding carboxylic acids is 5. The molecule has 67 heavy (non-hydrogen) atoms. The van der Waals surface area contributed by atoms with Gasteiger partial charge in [-0.15, -0.1) is 0 Å². The zero-order valence-corrected chi connectivity index (χ0v) is 41.6. The van der Waals surface area contributed by atoms with Crippen molar-refractivity contribution >= 4 is 29.6 Å². The van der Waals surface area contributed by atoms with E-state index in [4.69, 9.17) is 33.2 Å². The normalized spacial score (nSPS) is 40.5. The van der Waals surface area contributed by atoms with Gasteiger partial charge in [0, 0.05) is 52.6 Å². The minimum Gasteiger partial charge on any atom is -0.460 e. The quantitative estimate of drug-likeness (QED) is 0.155. The van der Waals surface area contributed by atoms with Crippen molar-refractivity contribution in [1.29, 1.82) is 0 Å². The first-order chi connectivity index (χ1) is 31.8. The van der Waals surface area contributed by atoms with Crippen LogP contribution in [0.15, 0.2) is 47.6 Å². The first-order valence-electron chi connectivity index (χ1n) is 24.6. The summed E-state index contributed by atoms with van der Waals surface area (Å²) in [6.07, 6.45) is 11.4. The Labute approximate surface area is 398 Å². The molecule has 1 saturated carbocycles. The van der Waals surface area contributed by atoms with Gasteiger partial charge in [-0.1, -0.05) is 71.1 Å². The lowest BCUT2D eigenvalue weighted by atomic mass is 9.78. The summed E-state index contributed by atoms with van der Waals surface area (Å²) in [5.41, 5.74) is 1.51. The number of piperidine rings is 1. The van der Waals surface area contributed by atoms with Gasteiger partial charge in [-0.25, -0.2) is 9.59 Å². The molecule has 5 rings (SSSR count). The molecule has 1 aliphatic carbocycles. The number of rotatable bonds is 6. The molecule has 4 heterocycles. The van der Waals surface area contributed by atoms with Crippen LogP contribution in [-0.4, -0.2) is 133 Å². The third-order valence-electron chi connectivity index (χ3n) is 15.1. The number of amides is 1. The number of carbonyl (C=O) groups is 5. The topological polar surface area (TPSA) is 194 Å². The average Bonchev–Trinajstić information content (AvgIpc) is 3.30. The zero-order valence-electron chi connectivity index (χ0n) is 41.6. The molecular weight excluding hydrogens is 863 g/mol. The Kier molecular flexibility index (Phi) is 20.0. The number of hydrogen-bond acceptors (Lipinski definition) is 14. The number of Topliss-reactive ketones (excluding diaryl/α,β-unsaturated/α-hetero) is 2. The fraction of sp³-hybridized carbons (Fsp3) is 0.750. The van der Waals surface area contributed by atoms with Gasteiger partial charge < -0.3 is 48.3 Å². The number of methoxy groups -OCH3 is 3. The summed E-state index contributed by atoms with van der Waals surface area (Å²) in [7, 11) is 4.71. The van der Waals surface area contributed by atoms with Crippen LogP contribution in [0.2, 0.25) is 0 Å². The lowest BCUT2D eigenvalue weighted by molar-refractivity contribution is -0.265. The van der Waals surface area contributed by atoms with E-state index in [0.29, 0.717) is 63.4 Å². The molecule has 0 spiro atoms. The molecule has 5 aliphatic rings. The number of aliphatic hydroxyl groups excluding tert-OH is 1. The van der Waals surface area contributed by atoms with E-state index in [2.05, 4.69) is 13.0 Å². The lowest BCUT2D eigenvalue weighted by Gasteiger charge is -2.42. The van der Waals surface area contributed by atoms with Gasteiger partial charge in [-0.05, 0) is 113 Å². The highest BCUT2D eigenvalue weighted by Crippen LogP contribution is 2.38. The van der Waals surface area contributed by atoms with Crippen LogP contribution in [-0.2, 0) is 52.3 Å². The van der Waals surface area contributed by atoms with Gasteiger partial charge in [-0.3, -0.25) is 14.4 Å². The number of allylic oxidation sites excluding steroid dienone is 6. The van der Waals surface area contributed by atoms with E-state index in [1.54, 1.807) is 48.2 Å². The summed E-state index contributed by atoms with van der Waals surface area (Å²) < 4.78 is 41.4. The van der Waals surface area contributed by atoms with E-state index in [-0.39, 0.29) is 54.9 Å². The smallest absolute Gasteiger partial charge is 0.460 e. The molecule has 4 aliphatic heterocycles. The third-order valence-corrected chi connectivity index (χ3v) is 15.1. The molecule has 3 saturated heterocycles. The van der Waals surface area contributed by atoms with Crippen molar-refractivity contribution in [2.75, 3.05) is 27.9 Å². The predicted octanol–water partition coefficient (Wildman–Crippen LogP) is 7.15. The average molecular weight is 942 g/mol. The SMILES string of the molecule is COC1CC2CC[C@@H](C)[C@@](O)(O2)C(=O)C(=O)N2CCCC[C@H]2C(=O)O[C@H]([C@H](C)C[C@@H]2CC[C@@H](O)[C@H](OC)C2)CC(=O)[C@H](C)/C=C(\C)[C@H]2OC(=O)O[C@H]([C@@H]2OC)[C@H](C)C[C@H](C)/C=C/C=C/C=C1C. The molecule has 0 aromatic carbocycles.